The van der Waals surface area contributed by atoms with Crippen molar-refractivity contribution < 1.29 is 14.3 Å². The summed E-state index contributed by atoms with van der Waals surface area (Å²) in [6, 6.07) is 8.90. The van der Waals surface area contributed by atoms with Crippen LogP contribution in [0.2, 0.25) is 0 Å². The molecule has 21 heavy (non-hydrogen) atoms. The Bertz CT molecular complexity index is 567. The molecule has 1 amide bonds. The number of nitriles is 1. The lowest BCUT2D eigenvalue weighted by atomic mass is 9.89. The van der Waals surface area contributed by atoms with Gasteiger partial charge in [-0.05, 0) is 37.5 Å². The van der Waals surface area contributed by atoms with Crippen molar-refractivity contribution in [2.75, 3.05) is 13.2 Å². The first kappa shape index (κ1) is 14.1. The summed E-state index contributed by atoms with van der Waals surface area (Å²) < 4.78 is 11.4. The Hall–Kier alpha value is -1.90. The summed E-state index contributed by atoms with van der Waals surface area (Å²) in [7, 11) is 0. The second kappa shape index (κ2) is 6.25. The number of benzene rings is 1. The highest BCUT2D eigenvalue weighted by Gasteiger charge is 2.34. The number of fused-ring (bicyclic) bond motifs is 1. The lowest BCUT2D eigenvalue weighted by Crippen LogP contribution is -2.49. The standard InChI is InChI=1S/C16H18N2O3/c17-10-11-2-1-3-12(8-11)16(19)18-13-4-5-14-15(9-13)21-7-6-20-14/h1-3,8,13-15H,4-7,9H2,(H,18,19)/t13-,14-,15+/m1/s1. The summed E-state index contributed by atoms with van der Waals surface area (Å²) in [4.78, 5) is 12.2. The second-order valence-electron chi connectivity index (χ2n) is 5.49. The minimum atomic E-state index is -0.132. The predicted molar refractivity (Wildman–Crippen MR) is 75.7 cm³/mol. The lowest BCUT2D eigenvalue weighted by molar-refractivity contribution is -0.157. The van der Waals surface area contributed by atoms with Crippen molar-refractivity contribution in [2.45, 2.75) is 37.5 Å². The molecule has 1 saturated carbocycles. The van der Waals surface area contributed by atoms with E-state index in [4.69, 9.17) is 14.7 Å². The monoisotopic (exact) mass is 286 g/mol. The van der Waals surface area contributed by atoms with Crippen LogP contribution in [0.15, 0.2) is 24.3 Å². The van der Waals surface area contributed by atoms with Crippen LogP contribution in [-0.2, 0) is 9.47 Å². The van der Waals surface area contributed by atoms with Crippen LogP contribution in [0, 0.1) is 11.3 Å². The number of carbonyl (C=O) groups is 1. The number of hydrogen-bond acceptors (Lipinski definition) is 4. The molecule has 2 fully saturated rings. The summed E-state index contributed by atoms with van der Waals surface area (Å²) in [6.45, 7) is 1.30. The fraction of sp³-hybridized carbons (Fsp3) is 0.500. The first-order valence-electron chi connectivity index (χ1n) is 7.30. The smallest absolute Gasteiger partial charge is 0.251 e. The molecular weight excluding hydrogens is 268 g/mol. The average molecular weight is 286 g/mol. The van der Waals surface area contributed by atoms with E-state index < -0.39 is 0 Å². The third-order valence-electron chi connectivity index (χ3n) is 4.07. The maximum atomic E-state index is 12.2. The van der Waals surface area contributed by atoms with Crippen molar-refractivity contribution in [3.05, 3.63) is 35.4 Å². The van der Waals surface area contributed by atoms with Gasteiger partial charge in [-0.15, -0.1) is 0 Å². The zero-order chi connectivity index (χ0) is 14.7. The van der Waals surface area contributed by atoms with E-state index in [1.54, 1.807) is 24.3 Å². The van der Waals surface area contributed by atoms with Crippen LogP contribution in [0.5, 0.6) is 0 Å². The molecule has 5 nitrogen and oxygen atoms in total. The van der Waals surface area contributed by atoms with Gasteiger partial charge in [-0.1, -0.05) is 6.07 Å². The molecule has 1 N–H and O–H groups in total. The van der Waals surface area contributed by atoms with Gasteiger partial charge in [0.1, 0.15) is 0 Å². The average Bonchev–Trinajstić information content (AvgIpc) is 2.54. The van der Waals surface area contributed by atoms with Gasteiger partial charge < -0.3 is 14.8 Å². The fourth-order valence-electron chi connectivity index (χ4n) is 3.00. The largest absolute Gasteiger partial charge is 0.373 e. The van der Waals surface area contributed by atoms with E-state index in [0.29, 0.717) is 24.3 Å². The SMILES string of the molecule is N#Cc1cccc(C(=O)N[C@@H]2CC[C@H]3OCCO[C@H]3C2)c1. The summed E-state index contributed by atoms with van der Waals surface area (Å²) in [5.74, 6) is -0.132. The van der Waals surface area contributed by atoms with Crippen LogP contribution in [0.1, 0.15) is 35.2 Å². The number of nitrogens with one attached hydrogen (secondary N) is 1. The van der Waals surface area contributed by atoms with E-state index >= 15 is 0 Å². The molecule has 1 aliphatic heterocycles. The topological polar surface area (TPSA) is 71.4 Å². The van der Waals surface area contributed by atoms with Crippen molar-refractivity contribution in [1.29, 1.82) is 5.26 Å². The molecule has 1 saturated heterocycles. The maximum Gasteiger partial charge on any atom is 0.251 e. The molecule has 1 heterocycles. The minimum Gasteiger partial charge on any atom is -0.373 e. The van der Waals surface area contributed by atoms with Gasteiger partial charge in [0, 0.05) is 11.6 Å². The summed E-state index contributed by atoms with van der Waals surface area (Å²) in [5.41, 5.74) is 1.02. The third-order valence-corrected chi connectivity index (χ3v) is 4.07. The molecule has 1 aromatic rings. The Balaban J connectivity index is 1.61. The molecule has 5 heteroatoms. The maximum absolute atomic E-state index is 12.2. The Morgan fingerprint density at radius 2 is 2.05 bits per heavy atom. The number of carbonyl (C=O) groups excluding carboxylic acids is 1. The van der Waals surface area contributed by atoms with Gasteiger partial charge in [0.2, 0.25) is 0 Å². The lowest BCUT2D eigenvalue weighted by Gasteiger charge is -2.39. The van der Waals surface area contributed by atoms with Gasteiger partial charge >= 0.3 is 0 Å². The summed E-state index contributed by atoms with van der Waals surface area (Å²) >= 11 is 0. The molecule has 0 radical (unpaired) electrons. The quantitative estimate of drug-likeness (QED) is 0.897. The van der Waals surface area contributed by atoms with Crippen LogP contribution in [0.25, 0.3) is 0 Å². The molecular formula is C16H18N2O3. The Morgan fingerprint density at radius 1 is 1.24 bits per heavy atom. The van der Waals surface area contributed by atoms with Gasteiger partial charge in [-0.25, -0.2) is 0 Å². The molecule has 0 bridgehead atoms. The third kappa shape index (κ3) is 3.23. The van der Waals surface area contributed by atoms with Crippen molar-refractivity contribution in [2.24, 2.45) is 0 Å². The molecule has 3 rings (SSSR count). The number of hydrogen-bond donors (Lipinski definition) is 1. The molecule has 0 aromatic heterocycles. The van der Waals surface area contributed by atoms with E-state index in [2.05, 4.69) is 5.32 Å². The number of rotatable bonds is 2. The summed E-state index contributed by atoms with van der Waals surface area (Å²) in [6.07, 6.45) is 2.85. The molecule has 2 aliphatic rings. The first-order chi connectivity index (χ1) is 10.3. The van der Waals surface area contributed by atoms with Crippen molar-refractivity contribution >= 4 is 5.91 Å². The highest BCUT2D eigenvalue weighted by molar-refractivity contribution is 5.94. The van der Waals surface area contributed by atoms with Crippen LogP contribution in [-0.4, -0.2) is 37.4 Å². The zero-order valence-electron chi connectivity index (χ0n) is 11.7. The van der Waals surface area contributed by atoms with E-state index in [0.717, 1.165) is 19.3 Å². The minimum absolute atomic E-state index is 0.0863. The molecule has 3 atom stereocenters. The number of ether oxygens (including phenoxy) is 2. The van der Waals surface area contributed by atoms with Crippen molar-refractivity contribution in [3.63, 3.8) is 0 Å². The van der Waals surface area contributed by atoms with Crippen LogP contribution in [0.3, 0.4) is 0 Å². The first-order valence-corrected chi connectivity index (χ1v) is 7.30. The van der Waals surface area contributed by atoms with Gasteiger partial charge in [0.15, 0.2) is 0 Å². The van der Waals surface area contributed by atoms with Crippen LogP contribution in [0.4, 0.5) is 0 Å². The van der Waals surface area contributed by atoms with E-state index in [9.17, 15) is 4.79 Å². The highest BCUT2D eigenvalue weighted by Crippen LogP contribution is 2.27. The van der Waals surface area contributed by atoms with E-state index in [1.807, 2.05) is 6.07 Å². The molecule has 0 unspecified atom stereocenters. The van der Waals surface area contributed by atoms with Gasteiger partial charge in [-0.2, -0.15) is 5.26 Å². The van der Waals surface area contributed by atoms with E-state index in [1.165, 1.54) is 0 Å². The Morgan fingerprint density at radius 3 is 2.86 bits per heavy atom. The van der Waals surface area contributed by atoms with E-state index in [-0.39, 0.29) is 24.2 Å². The highest BCUT2D eigenvalue weighted by atomic mass is 16.6. The van der Waals surface area contributed by atoms with Crippen molar-refractivity contribution in [3.8, 4) is 6.07 Å². The number of amides is 1. The van der Waals surface area contributed by atoms with Gasteiger partial charge in [0.25, 0.3) is 5.91 Å². The number of nitrogens with zero attached hydrogens (tertiary/aromatic N) is 1. The normalized spacial score (nSPS) is 28.2. The zero-order valence-corrected chi connectivity index (χ0v) is 11.7. The van der Waals surface area contributed by atoms with Crippen LogP contribution < -0.4 is 5.32 Å². The predicted octanol–water partition coefficient (Wildman–Crippen LogP) is 1.62. The fourth-order valence-corrected chi connectivity index (χ4v) is 3.00. The Labute approximate surface area is 123 Å². The van der Waals surface area contributed by atoms with Crippen LogP contribution >= 0.6 is 0 Å². The Kier molecular flexibility index (Phi) is 4.18. The van der Waals surface area contributed by atoms with Gasteiger partial charge in [-0.3, -0.25) is 4.79 Å². The van der Waals surface area contributed by atoms with Gasteiger partial charge in [0.05, 0.1) is 37.1 Å². The molecule has 110 valence electrons. The second-order valence-corrected chi connectivity index (χ2v) is 5.49. The molecule has 1 aromatic carbocycles. The van der Waals surface area contributed by atoms with Crippen molar-refractivity contribution in [1.82, 2.24) is 5.32 Å². The molecule has 1 aliphatic carbocycles. The molecule has 0 spiro atoms. The summed E-state index contributed by atoms with van der Waals surface area (Å²) in [5, 5.41) is 11.9.